The lowest BCUT2D eigenvalue weighted by atomic mass is 10.1. The highest BCUT2D eigenvalue weighted by molar-refractivity contribution is 5.78. The smallest absolute Gasteiger partial charge is 0.224 e. The van der Waals surface area contributed by atoms with Gasteiger partial charge in [0, 0.05) is 19.3 Å². The summed E-state index contributed by atoms with van der Waals surface area (Å²) in [4.78, 5) is 23.0. The van der Waals surface area contributed by atoms with Gasteiger partial charge in [0.25, 0.3) is 0 Å². The SMILES string of the molecule is O=C(Cc1ccc(F)cc1)NCc1nccc(N2CCCCC2)n1. The molecule has 2 aromatic rings. The summed E-state index contributed by atoms with van der Waals surface area (Å²) in [6.45, 7) is 2.34. The van der Waals surface area contributed by atoms with E-state index in [4.69, 9.17) is 0 Å². The average molecular weight is 328 g/mol. The van der Waals surface area contributed by atoms with Crippen LogP contribution in [0.25, 0.3) is 0 Å². The van der Waals surface area contributed by atoms with E-state index in [-0.39, 0.29) is 18.1 Å². The zero-order valence-corrected chi connectivity index (χ0v) is 13.5. The molecule has 5 nitrogen and oxygen atoms in total. The number of amides is 1. The first-order valence-corrected chi connectivity index (χ1v) is 8.29. The molecule has 1 amide bonds. The molecule has 1 aromatic heterocycles. The molecule has 0 atom stereocenters. The molecule has 1 N–H and O–H groups in total. The van der Waals surface area contributed by atoms with E-state index in [0.717, 1.165) is 24.5 Å². The van der Waals surface area contributed by atoms with Crippen molar-refractivity contribution in [1.82, 2.24) is 15.3 Å². The van der Waals surface area contributed by atoms with Crippen molar-refractivity contribution in [2.45, 2.75) is 32.2 Å². The Hall–Kier alpha value is -2.50. The van der Waals surface area contributed by atoms with Crippen LogP contribution in [-0.2, 0) is 17.8 Å². The van der Waals surface area contributed by atoms with Crippen molar-refractivity contribution >= 4 is 11.7 Å². The highest BCUT2D eigenvalue weighted by Crippen LogP contribution is 2.16. The number of nitrogens with zero attached hydrogens (tertiary/aromatic N) is 3. The first-order chi connectivity index (χ1) is 11.7. The number of hydrogen-bond donors (Lipinski definition) is 1. The van der Waals surface area contributed by atoms with Gasteiger partial charge in [-0.2, -0.15) is 0 Å². The van der Waals surface area contributed by atoms with Crippen molar-refractivity contribution in [3.05, 3.63) is 53.7 Å². The zero-order valence-electron chi connectivity index (χ0n) is 13.5. The van der Waals surface area contributed by atoms with Gasteiger partial charge in [-0.1, -0.05) is 12.1 Å². The lowest BCUT2D eigenvalue weighted by Gasteiger charge is -2.27. The van der Waals surface area contributed by atoms with Gasteiger partial charge in [-0.05, 0) is 43.0 Å². The Labute approximate surface area is 140 Å². The van der Waals surface area contributed by atoms with Gasteiger partial charge in [-0.25, -0.2) is 14.4 Å². The number of benzene rings is 1. The summed E-state index contributed by atoms with van der Waals surface area (Å²) in [5.41, 5.74) is 0.775. The van der Waals surface area contributed by atoms with E-state index < -0.39 is 0 Å². The Balaban J connectivity index is 1.54. The van der Waals surface area contributed by atoms with E-state index in [1.54, 1.807) is 18.3 Å². The molecule has 1 aromatic carbocycles. The molecular weight excluding hydrogens is 307 g/mol. The fraction of sp³-hybridized carbons (Fsp3) is 0.389. The Morgan fingerprint density at radius 2 is 1.88 bits per heavy atom. The van der Waals surface area contributed by atoms with Crippen LogP contribution in [0.3, 0.4) is 0 Å². The van der Waals surface area contributed by atoms with Crippen molar-refractivity contribution in [1.29, 1.82) is 0 Å². The predicted molar refractivity (Wildman–Crippen MR) is 90.0 cm³/mol. The van der Waals surface area contributed by atoms with Gasteiger partial charge in [0.15, 0.2) is 0 Å². The first-order valence-electron chi connectivity index (χ1n) is 8.29. The van der Waals surface area contributed by atoms with Crippen molar-refractivity contribution in [2.75, 3.05) is 18.0 Å². The third-order valence-electron chi connectivity index (χ3n) is 4.09. The van der Waals surface area contributed by atoms with E-state index in [9.17, 15) is 9.18 Å². The highest BCUT2D eigenvalue weighted by Gasteiger charge is 2.13. The fourth-order valence-corrected chi connectivity index (χ4v) is 2.80. The third-order valence-corrected chi connectivity index (χ3v) is 4.09. The maximum Gasteiger partial charge on any atom is 0.224 e. The van der Waals surface area contributed by atoms with Gasteiger partial charge in [0.1, 0.15) is 17.5 Å². The lowest BCUT2D eigenvalue weighted by molar-refractivity contribution is -0.120. The minimum absolute atomic E-state index is 0.131. The molecule has 1 aliphatic heterocycles. The monoisotopic (exact) mass is 328 g/mol. The molecule has 0 unspecified atom stereocenters. The Kier molecular flexibility index (Phi) is 5.36. The van der Waals surface area contributed by atoms with E-state index in [0.29, 0.717) is 12.4 Å². The Morgan fingerprint density at radius 1 is 1.12 bits per heavy atom. The molecule has 0 spiro atoms. The predicted octanol–water partition coefficient (Wildman–Crippen LogP) is 2.46. The molecule has 6 heteroatoms. The minimum Gasteiger partial charge on any atom is -0.357 e. The van der Waals surface area contributed by atoms with Gasteiger partial charge < -0.3 is 10.2 Å². The molecule has 2 heterocycles. The summed E-state index contributed by atoms with van der Waals surface area (Å²) < 4.78 is 12.9. The van der Waals surface area contributed by atoms with Crippen molar-refractivity contribution in [2.24, 2.45) is 0 Å². The van der Waals surface area contributed by atoms with Gasteiger partial charge in [-0.15, -0.1) is 0 Å². The van der Waals surface area contributed by atoms with Crippen LogP contribution in [0.4, 0.5) is 10.2 Å². The number of halogens is 1. The minimum atomic E-state index is -0.304. The quantitative estimate of drug-likeness (QED) is 0.916. The molecule has 24 heavy (non-hydrogen) atoms. The van der Waals surface area contributed by atoms with E-state index in [2.05, 4.69) is 20.2 Å². The van der Waals surface area contributed by atoms with Crippen LogP contribution in [0.2, 0.25) is 0 Å². The molecule has 0 radical (unpaired) electrons. The summed E-state index contributed by atoms with van der Waals surface area (Å²) in [6.07, 6.45) is 5.60. The summed E-state index contributed by atoms with van der Waals surface area (Å²) >= 11 is 0. The number of carbonyl (C=O) groups is 1. The highest BCUT2D eigenvalue weighted by atomic mass is 19.1. The van der Waals surface area contributed by atoms with Crippen molar-refractivity contribution in [3.63, 3.8) is 0 Å². The lowest BCUT2D eigenvalue weighted by Crippen LogP contribution is -2.31. The number of piperidine rings is 1. The fourth-order valence-electron chi connectivity index (χ4n) is 2.80. The second-order valence-electron chi connectivity index (χ2n) is 5.96. The summed E-state index contributed by atoms with van der Waals surface area (Å²) in [5.74, 6) is 1.09. The third kappa shape index (κ3) is 4.50. The molecule has 126 valence electrons. The number of nitrogens with one attached hydrogen (secondary N) is 1. The molecule has 0 saturated carbocycles. The van der Waals surface area contributed by atoms with Crippen LogP contribution in [-0.4, -0.2) is 29.0 Å². The van der Waals surface area contributed by atoms with E-state index >= 15 is 0 Å². The average Bonchev–Trinajstić information content (AvgIpc) is 2.63. The number of hydrogen-bond acceptors (Lipinski definition) is 4. The molecule has 3 rings (SSSR count). The number of carbonyl (C=O) groups excluding carboxylic acids is 1. The molecule has 1 aliphatic rings. The molecular formula is C18H21FN4O. The molecule has 1 saturated heterocycles. The Bertz CT molecular complexity index is 684. The van der Waals surface area contributed by atoms with E-state index in [1.807, 2.05) is 6.07 Å². The second-order valence-corrected chi connectivity index (χ2v) is 5.96. The molecule has 0 aliphatic carbocycles. The zero-order chi connectivity index (χ0) is 16.8. The van der Waals surface area contributed by atoms with Crippen LogP contribution in [0.15, 0.2) is 36.5 Å². The van der Waals surface area contributed by atoms with Crippen LogP contribution >= 0.6 is 0 Å². The summed E-state index contributed by atoms with van der Waals surface area (Å²) in [6, 6.07) is 7.85. The molecule has 1 fully saturated rings. The number of rotatable bonds is 5. The van der Waals surface area contributed by atoms with Crippen molar-refractivity contribution < 1.29 is 9.18 Å². The van der Waals surface area contributed by atoms with Crippen LogP contribution < -0.4 is 10.2 Å². The largest absolute Gasteiger partial charge is 0.357 e. The van der Waals surface area contributed by atoms with Gasteiger partial charge in [0.05, 0.1) is 13.0 Å². The van der Waals surface area contributed by atoms with E-state index in [1.165, 1.54) is 31.4 Å². The topological polar surface area (TPSA) is 58.1 Å². The van der Waals surface area contributed by atoms with Crippen molar-refractivity contribution in [3.8, 4) is 0 Å². The second kappa shape index (κ2) is 7.86. The summed E-state index contributed by atoms with van der Waals surface area (Å²) in [7, 11) is 0. The van der Waals surface area contributed by atoms with Gasteiger partial charge >= 0.3 is 0 Å². The summed E-state index contributed by atoms with van der Waals surface area (Å²) in [5, 5.41) is 2.82. The van der Waals surface area contributed by atoms with Gasteiger partial charge in [-0.3, -0.25) is 4.79 Å². The number of aromatic nitrogens is 2. The standard InChI is InChI=1S/C18H21FN4O/c19-15-6-4-14(5-7-15)12-18(24)21-13-16-20-9-8-17(22-16)23-10-2-1-3-11-23/h4-9H,1-3,10-13H2,(H,21,24). The van der Waals surface area contributed by atoms with Crippen LogP contribution in [0.5, 0.6) is 0 Å². The van der Waals surface area contributed by atoms with Gasteiger partial charge in [0.2, 0.25) is 5.91 Å². The first kappa shape index (κ1) is 16.4. The normalized spacial score (nSPS) is 14.5. The number of anilines is 1. The maximum absolute atomic E-state index is 12.9. The molecule has 0 bridgehead atoms. The maximum atomic E-state index is 12.9. The van der Waals surface area contributed by atoms with Crippen LogP contribution in [0, 0.1) is 5.82 Å². The van der Waals surface area contributed by atoms with Crippen LogP contribution in [0.1, 0.15) is 30.7 Å². The Morgan fingerprint density at radius 3 is 2.62 bits per heavy atom.